The number of hydrogen-bond donors (Lipinski definition) is 2. The highest BCUT2D eigenvalue weighted by molar-refractivity contribution is 6.07. The van der Waals surface area contributed by atoms with Crippen LogP contribution in [0.25, 0.3) is 33.4 Å². The van der Waals surface area contributed by atoms with Gasteiger partial charge in [0.1, 0.15) is 23.7 Å². The fourth-order valence-electron chi connectivity index (χ4n) is 4.06. The quantitative estimate of drug-likeness (QED) is 0.342. The third-order valence-electron chi connectivity index (χ3n) is 5.63. The van der Waals surface area contributed by atoms with E-state index in [1.807, 2.05) is 0 Å². The number of imide groups is 1. The van der Waals surface area contributed by atoms with Crippen molar-refractivity contribution >= 4 is 28.8 Å². The smallest absolute Gasteiger partial charge is 0.336 e. The summed E-state index contributed by atoms with van der Waals surface area (Å²) in [5, 5.41) is 21.1. The van der Waals surface area contributed by atoms with E-state index in [-0.39, 0.29) is 47.5 Å². The molecule has 0 atom stereocenters. The van der Waals surface area contributed by atoms with Gasteiger partial charge in [0.15, 0.2) is 5.43 Å². The minimum absolute atomic E-state index is 0.0446. The van der Waals surface area contributed by atoms with Crippen LogP contribution in [0.15, 0.2) is 63.8 Å². The molecule has 0 aromatic heterocycles. The Morgan fingerprint density at radius 3 is 2.41 bits per heavy atom. The molecule has 0 spiro atoms. The standard InChI is InChI=1S/C25H17NO8/c27-14-2-5-17-20(10-14)34-21-11-15(28)3-6-18(21)24(17)16-4-1-13(9-19(16)25(31)32)12-33-26-22(29)7-8-23(26)30/h1-6,9-11,27H,7-8,12H2,(H,31,32). The van der Waals surface area contributed by atoms with Crippen LogP contribution < -0.4 is 5.43 Å². The van der Waals surface area contributed by atoms with Crippen LogP contribution in [0.2, 0.25) is 0 Å². The second-order valence-electron chi connectivity index (χ2n) is 7.86. The number of hydroxylamine groups is 2. The largest absolute Gasteiger partial charge is 0.508 e. The predicted octanol–water partition coefficient (Wildman–Crippen LogP) is 3.55. The minimum Gasteiger partial charge on any atom is -0.508 e. The van der Waals surface area contributed by atoms with Crippen molar-refractivity contribution in [2.24, 2.45) is 0 Å². The maximum atomic E-state index is 12.2. The number of hydrogen-bond acceptors (Lipinski definition) is 7. The molecule has 2 aromatic carbocycles. The van der Waals surface area contributed by atoms with E-state index < -0.39 is 17.8 Å². The number of aromatic carboxylic acids is 1. The van der Waals surface area contributed by atoms with E-state index in [2.05, 4.69) is 0 Å². The summed E-state index contributed by atoms with van der Waals surface area (Å²) in [5.41, 5.74) is 1.81. The molecule has 0 saturated carbocycles. The zero-order valence-electron chi connectivity index (χ0n) is 17.6. The van der Waals surface area contributed by atoms with E-state index in [1.165, 1.54) is 30.3 Å². The molecule has 5 rings (SSSR count). The highest BCUT2D eigenvalue weighted by Crippen LogP contribution is 2.42. The molecule has 0 unspecified atom stereocenters. The predicted molar refractivity (Wildman–Crippen MR) is 119 cm³/mol. The number of nitrogens with zero attached hydrogens (tertiary/aromatic N) is 1. The summed E-state index contributed by atoms with van der Waals surface area (Å²) < 4.78 is 5.81. The molecule has 2 amide bonds. The Bertz CT molecular complexity index is 1500. The van der Waals surface area contributed by atoms with Gasteiger partial charge in [0.25, 0.3) is 11.8 Å². The molecule has 2 heterocycles. The molecule has 0 radical (unpaired) electrons. The van der Waals surface area contributed by atoms with Crippen molar-refractivity contribution in [1.82, 2.24) is 5.06 Å². The first-order valence-electron chi connectivity index (χ1n) is 10.4. The Morgan fingerprint density at radius 1 is 0.941 bits per heavy atom. The van der Waals surface area contributed by atoms with Crippen LogP contribution in [-0.4, -0.2) is 33.1 Å². The minimum atomic E-state index is -1.20. The highest BCUT2D eigenvalue weighted by Gasteiger charge is 2.30. The second-order valence-corrected chi connectivity index (χ2v) is 7.86. The molecule has 9 nitrogen and oxygen atoms in total. The zero-order chi connectivity index (χ0) is 24.0. The van der Waals surface area contributed by atoms with Crippen LogP contribution in [0.1, 0.15) is 28.8 Å². The number of benzene rings is 3. The molecule has 2 N–H and O–H groups in total. The summed E-state index contributed by atoms with van der Waals surface area (Å²) in [6.07, 6.45) is 0.163. The molecule has 9 heteroatoms. The molecule has 1 aliphatic carbocycles. The molecule has 0 bridgehead atoms. The van der Waals surface area contributed by atoms with Crippen molar-refractivity contribution in [3.8, 4) is 28.2 Å². The van der Waals surface area contributed by atoms with Crippen LogP contribution in [0.4, 0.5) is 0 Å². The number of carboxylic acids is 1. The van der Waals surface area contributed by atoms with Crippen molar-refractivity contribution in [2.45, 2.75) is 19.4 Å². The lowest BCUT2D eigenvalue weighted by Gasteiger charge is -2.18. The van der Waals surface area contributed by atoms with E-state index in [4.69, 9.17) is 9.25 Å². The number of carbonyl (C=O) groups excluding carboxylic acids is 2. The van der Waals surface area contributed by atoms with Gasteiger partial charge in [0.2, 0.25) is 0 Å². The molecule has 2 aliphatic heterocycles. The van der Waals surface area contributed by atoms with Gasteiger partial charge in [0, 0.05) is 41.5 Å². The fourth-order valence-corrected chi connectivity index (χ4v) is 4.06. The number of amides is 2. The third kappa shape index (κ3) is 3.67. The van der Waals surface area contributed by atoms with E-state index >= 15 is 0 Å². The Morgan fingerprint density at radius 2 is 1.68 bits per heavy atom. The first-order valence-corrected chi connectivity index (χ1v) is 10.4. The summed E-state index contributed by atoms with van der Waals surface area (Å²) in [6, 6.07) is 13.3. The third-order valence-corrected chi connectivity index (χ3v) is 5.63. The molecular weight excluding hydrogens is 442 g/mol. The average molecular weight is 459 g/mol. The van der Waals surface area contributed by atoms with Gasteiger partial charge in [-0.15, -0.1) is 0 Å². The van der Waals surface area contributed by atoms with E-state index in [9.17, 15) is 29.4 Å². The number of phenols is 1. The lowest BCUT2D eigenvalue weighted by molar-refractivity contribution is -0.191. The molecule has 3 aliphatic rings. The van der Waals surface area contributed by atoms with Crippen LogP contribution in [-0.2, 0) is 21.0 Å². The maximum Gasteiger partial charge on any atom is 0.336 e. The zero-order valence-corrected chi connectivity index (χ0v) is 17.6. The van der Waals surface area contributed by atoms with Gasteiger partial charge >= 0.3 is 5.97 Å². The molecular formula is C25H17NO8. The van der Waals surface area contributed by atoms with E-state index in [0.717, 1.165) is 0 Å². The van der Waals surface area contributed by atoms with Gasteiger partial charge in [-0.25, -0.2) is 4.79 Å². The van der Waals surface area contributed by atoms with Crippen molar-refractivity contribution in [2.75, 3.05) is 0 Å². The average Bonchev–Trinajstić information content (AvgIpc) is 3.12. The SMILES string of the molecule is O=C(O)c1cc(CON2C(=O)CCC2=O)ccc1-c1c2ccc(=O)cc-2oc2cc(O)ccc12. The first-order chi connectivity index (χ1) is 16.3. The lowest BCUT2D eigenvalue weighted by Crippen LogP contribution is -2.29. The Hall–Kier alpha value is -4.50. The number of carboxylic acid groups (broad SMARTS) is 1. The number of aromatic hydroxyl groups is 1. The maximum absolute atomic E-state index is 12.2. The highest BCUT2D eigenvalue weighted by atomic mass is 16.7. The Kier molecular flexibility index (Phi) is 5.10. The summed E-state index contributed by atoms with van der Waals surface area (Å²) in [7, 11) is 0. The van der Waals surface area contributed by atoms with E-state index in [1.54, 1.807) is 24.3 Å². The fraction of sp³-hybridized carbons (Fsp3) is 0.120. The van der Waals surface area contributed by atoms with E-state index in [0.29, 0.717) is 32.7 Å². The van der Waals surface area contributed by atoms with Crippen LogP contribution in [0.3, 0.4) is 0 Å². The molecule has 34 heavy (non-hydrogen) atoms. The number of rotatable bonds is 5. The normalized spacial score (nSPS) is 13.8. The summed E-state index contributed by atoms with van der Waals surface area (Å²) in [5.74, 6) is -1.88. The van der Waals surface area contributed by atoms with Gasteiger partial charge < -0.3 is 14.6 Å². The topological polar surface area (TPSA) is 134 Å². The van der Waals surface area contributed by atoms with Crippen LogP contribution >= 0.6 is 0 Å². The summed E-state index contributed by atoms with van der Waals surface area (Å²) in [6.45, 7) is -0.170. The van der Waals surface area contributed by atoms with Crippen LogP contribution in [0.5, 0.6) is 5.75 Å². The van der Waals surface area contributed by atoms with Crippen molar-refractivity contribution < 1.29 is 33.9 Å². The van der Waals surface area contributed by atoms with Crippen molar-refractivity contribution in [1.29, 1.82) is 0 Å². The molecule has 1 saturated heterocycles. The van der Waals surface area contributed by atoms with Gasteiger partial charge in [0.05, 0.1) is 5.56 Å². The van der Waals surface area contributed by atoms with Crippen molar-refractivity contribution in [3.63, 3.8) is 0 Å². The van der Waals surface area contributed by atoms with Crippen molar-refractivity contribution in [3.05, 3.63) is 75.9 Å². The monoisotopic (exact) mass is 459 g/mol. The Labute approximate surface area is 191 Å². The number of carbonyl (C=O) groups is 3. The summed E-state index contributed by atoms with van der Waals surface area (Å²) in [4.78, 5) is 53.0. The summed E-state index contributed by atoms with van der Waals surface area (Å²) >= 11 is 0. The van der Waals surface area contributed by atoms with Gasteiger partial charge in [-0.1, -0.05) is 12.1 Å². The van der Waals surface area contributed by atoms with Gasteiger partial charge in [-0.05, 0) is 41.5 Å². The van der Waals surface area contributed by atoms with Gasteiger partial charge in [-0.2, -0.15) is 5.06 Å². The molecule has 170 valence electrons. The van der Waals surface area contributed by atoms with Gasteiger partial charge in [-0.3, -0.25) is 19.2 Å². The molecule has 2 aromatic rings. The first kappa shape index (κ1) is 21.4. The lowest BCUT2D eigenvalue weighted by atomic mass is 9.90. The van der Waals surface area contributed by atoms with Crippen LogP contribution in [0, 0.1) is 0 Å². The number of phenolic OH excluding ortho intramolecular Hbond substituents is 1. The molecule has 1 fully saturated rings. The number of fused-ring (bicyclic) bond motifs is 2. The second kappa shape index (κ2) is 8.13. The Balaban J connectivity index is 1.65.